The molecule has 0 aromatic carbocycles. The number of halogens is 3. The van der Waals surface area contributed by atoms with Crippen molar-refractivity contribution in [1.82, 2.24) is 5.12 Å². The highest BCUT2D eigenvalue weighted by Gasteiger charge is 2.33. The third-order valence-electron chi connectivity index (χ3n) is 1.44. The van der Waals surface area contributed by atoms with E-state index < -0.39 is 5.92 Å². The summed E-state index contributed by atoms with van der Waals surface area (Å²) in [5.41, 5.74) is 0. The molecule has 0 radical (unpaired) electrons. The summed E-state index contributed by atoms with van der Waals surface area (Å²) < 4.78 is 36.4. The van der Waals surface area contributed by atoms with Crippen molar-refractivity contribution in [1.29, 1.82) is 0 Å². The Labute approximate surface area is 51.4 Å². The van der Waals surface area contributed by atoms with Gasteiger partial charge in [-0.15, -0.1) is 9.60 Å². The Balaban J connectivity index is 2.35. The number of hydrogen-bond acceptors (Lipinski definition) is 1. The van der Waals surface area contributed by atoms with Gasteiger partial charge in [-0.3, -0.25) is 0 Å². The average molecular weight is 139 g/mol. The Kier molecular flexibility index (Phi) is 1.66. The summed E-state index contributed by atoms with van der Waals surface area (Å²) in [6.07, 6.45) is -0.688. The monoisotopic (exact) mass is 139 g/mol. The van der Waals surface area contributed by atoms with Crippen LogP contribution in [0.4, 0.5) is 13.3 Å². The largest absolute Gasteiger partial charge is 0.250 e. The second-order valence-electron chi connectivity index (χ2n) is 2.27. The molecule has 0 unspecified atom stereocenters. The normalized spacial score (nSPS) is 28.3. The fourth-order valence-corrected chi connectivity index (χ4v) is 0.807. The second-order valence-corrected chi connectivity index (χ2v) is 2.27. The SMILES string of the molecule is FN1CCC(F)(F)CC1. The molecule has 0 aromatic heterocycles. The highest BCUT2D eigenvalue weighted by atomic mass is 19.3. The van der Waals surface area contributed by atoms with E-state index in [0.717, 1.165) is 0 Å². The molecule has 1 saturated heterocycles. The summed E-state index contributed by atoms with van der Waals surface area (Å²) in [4.78, 5) is 0. The van der Waals surface area contributed by atoms with E-state index in [4.69, 9.17) is 0 Å². The van der Waals surface area contributed by atoms with Crippen LogP contribution in [0, 0.1) is 0 Å². The number of rotatable bonds is 0. The molecule has 1 rings (SSSR count). The van der Waals surface area contributed by atoms with Crippen molar-refractivity contribution < 1.29 is 13.3 Å². The molecule has 0 N–H and O–H groups in total. The van der Waals surface area contributed by atoms with Crippen LogP contribution in [0.5, 0.6) is 0 Å². The molecule has 1 fully saturated rings. The van der Waals surface area contributed by atoms with Crippen molar-refractivity contribution in [3.63, 3.8) is 0 Å². The summed E-state index contributed by atoms with van der Waals surface area (Å²) in [5, 5.41) is 0.428. The van der Waals surface area contributed by atoms with Crippen LogP contribution < -0.4 is 0 Å². The molecule has 9 heavy (non-hydrogen) atoms. The predicted octanol–water partition coefficient (Wildman–Crippen LogP) is 1.60. The third-order valence-corrected chi connectivity index (χ3v) is 1.44. The van der Waals surface area contributed by atoms with Crippen molar-refractivity contribution >= 4 is 0 Å². The molecule has 0 saturated carbocycles. The lowest BCUT2D eigenvalue weighted by molar-refractivity contribution is -0.105. The highest BCUT2D eigenvalue weighted by molar-refractivity contribution is 4.73. The first-order valence-electron chi connectivity index (χ1n) is 2.89. The fraction of sp³-hybridized carbons (Fsp3) is 1.00. The van der Waals surface area contributed by atoms with Gasteiger partial charge in [-0.25, -0.2) is 8.78 Å². The van der Waals surface area contributed by atoms with Gasteiger partial charge in [-0.1, -0.05) is 0 Å². The molecule has 1 aliphatic heterocycles. The van der Waals surface area contributed by atoms with Gasteiger partial charge in [0.2, 0.25) is 0 Å². The van der Waals surface area contributed by atoms with Gasteiger partial charge in [-0.05, 0) is 0 Å². The minimum absolute atomic E-state index is 0.132. The van der Waals surface area contributed by atoms with Crippen molar-refractivity contribution in [3.05, 3.63) is 0 Å². The molecule has 0 amide bonds. The fourth-order valence-electron chi connectivity index (χ4n) is 0.807. The second kappa shape index (κ2) is 2.17. The molecule has 0 bridgehead atoms. The number of alkyl halides is 2. The van der Waals surface area contributed by atoms with E-state index in [1.165, 1.54) is 0 Å². The van der Waals surface area contributed by atoms with Crippen LogP contribution in [0.3, 0.4) is 0 Å². The molecule has 1 aliphatic rings. The number of nitrogens with zero attached hydrogens (tertiary/aromatic N) is 1. The summed E-state index contributed by atoms with van der Waals surface area (Å²) in [6, 6.07) is 0. The van der Waals surface area contributed by atoms with E-state index in [1.807, 2.05) is 0 Å². The van der Waals surface area contributed by atoms with Crippen molar-refractivity contribution in [2.24, 2.45) is 0 Å². The van der Waals surface area contributed by atoms with Crippen molar-refractivity contribution in [3.8, 4) is 0 Å². The zero-order valence-electron chi connectivity index (χ0n) is 4.91. The lowest BCUT2D eigenvalue weighted by Crippen LogP contribution is -2.34. The third kappa shape index (κ3) is 1.86. The molecule has 0 spiro atoms. The average Bonchev–Trinajstić information content (AvgIpc) is 1.78. The van der Waals surface area contributed by atoms with E-state index in [2.05, 4.69) is 0 Å². The minimum atomic E-state index is -2.62. The Bertz CT molecular complexity index is 94.4. The van der Waals surface area contributed by atoms with Gasteiger partial charge in [0.05, 0.1) is 0 Å². The first kappa shape index (κ1) is 6.86. The summed E-state index contributed by atoms with van der Waals surface area (Å²) >= 11 is 0. The van der Waals surface area contributed by atoms with Crippen LogP contribution in [0.15, 0.2) is 0 Å². The molecule has 0 atom stereocenters. The maximum Gasteiger partial charge on any atom is 0.250 e. The zero-order valence-corrected chi connectivity index (χ0v) is 4.91. The Morgan fingerprint density at radius 3 is 1.89 bits per heavy atom. The Morgan fingerprint density at radius 1 is 1.11 bits per heavy atom. The van der Waals surface area contributed by atoms with Crippen LogP contribution in [-0.4, -0.2) is 24.1 Å². The standard InChI is InChI=1S/C5H8F3N/c6-5(7)1-3-9(8)4-2-5/h1-4H2. The first-order valence-corrected chi connectivity index (χ1v) is 2.89. The first-order chi connectivity index (χ1) is 4.10. The smallest absolute Gasteiger partial charge is 0.207 e. The van der Waals surface area contributed by atoms with Crippen LogP contribution in [-0.2, 0) is 0 Å². The van der Waals surface area contributed by atoms with E-state index in [-0.39, 0.29) is 25.9 Å². The zero-order chi connectivity index (χ0) is 6.91. The highest BCUT2D eigenvalue weighted by Crippen LogP contribution is 2.27. The molecule has 1 heterocycles. The number of hydrogen-bond donors (Lipinski definition) is 0. The number of piperidine rings is 1. The molecule has 0 aromatic rings. The van der Waals surface area contributed by atoms with Crippen LogP contribution in [0.1, 0.15) is 12.8 Å². The Hall–Kier alpha value is -0.250. The van der Waals surface area contributed by atoms with Gasteiger partial charge in [0, 0.05) is 25.9 Å². The minimum Gasteiger partial charge on any atom is -0.207 e. The van der Waals surface area contributed by atoms with Gasteiger partial charge in [-0.2, -0.15) is 0 Å². The maximum absolute atomic E-state index is 12.2. The molecule has 0 aliphatic carbocycles. The van der Waals surface area contributed by atoms with Crippen molar-refractivity contribution in [2.75, 3.05) is 13.1 Å². The van der Waals surface area contributed by atoms with E-state index in [9.17, 15) is 13.3 Å². The molecule has 4 heteroatoms. The lowest BCUT2D eigenvalue weighted by atomic mass is 10.1. The van der Waals surface area contributed by atoms with Gasteiger partial charge in [0.1, 0.15) is 0 Å². The van der Waals surface area contributed by atoms with Crippen LogP contribution in [0.25, 0.3) is 0 Å². The summed E-state index contributed by atoms with van der Waals surface area (Å²) in [5.74, 6) is -2.62. The van der Waals surface area contributed by atoms with E-state index >= 15 is 0 Å². The maximum atomic E-state index is 12.2. The van der Waals surface area contributed by atoms with Gasteiger partial charge in [0.15, 0.2) is 0 Å². The molecular weight excluding hydrogens is 131 g/mol. The lowest BCUT2D eigenvalue weighted by Gasteiger charge is -2.24. The Morgan fingerprint density at radius 2 is 1.56 bits per heavy atom. The quantitative estimate of drug-likeness (QED) is 0.461. The van der Waals surface area contributed by atoms with E-state index in [1.54, 1.807) is 0 Å². The van der Waals surface area contributed by atoms with Crippen LogP contribution in [0.2, 0.25) is 0 Å². The van der Waals surface area contributed by atoms with Crippen LogP contribution >= 0.6 is 0 Å². The summed E-state index contributed by atoms with van der Waals surface area (Å²) in [6.45, 7) is -0.264. The van der Waals surface area contributed by atoms with E-state index in [0.29, 0.717) is 5.12 Å². The van der Waals surface area contributed by atoms with Gasteiger partial charge >= 0.3 is 0 Å². The molecular formula is C5H8F3N. The van der Waals surface area contributed by atoms with Crippen molar-refractivity contribution in [2.45, 2.75) is 18.8 Å². The summed E-state index contributed by atoms with van der Waals surface area (Å²) in [7, 11) is 0. The van der Waals surface area contributed by atoms with Gasteiger partial charge < -0.3 is 0 Å². The van der Waals surface area contributed by atoms with Gasteiger partial charge in [0.25, 0.3) is 5.92 Å². The topological polar surface area (TPSA) is 3.24 Å². The molecule has 54 valence electrons. The molecule has 1 nitrogen and oxygen atoms in total. The predicted molar refractivity (Wildman–Crippen MR) is 26.9 cm³/mol.